The van der Waals surface area contributed by atoms with Crippen LogP contribution in [0.1, 0.15) is 41.0 Å². The van der Waals surface area contributed by atoms with Crippen LogP contribution in [0.4, 0.5) is 0 Å². The predicted molar refractivity (Wildman–Crippen MR) is 58.4 cm³/mol. The minimum Gasteiger partial charge on any atom is -0.376 e. The summed E-state index contributed by atoms with van der Waals surface area (Å²) >= 11 is 0. The molecule has 3 nitrogen and oxygen atoms in total. The van der Waals surface area contributed by atoms with Crippen LogP contribution in [0.25, 0.3) is 0 Å². The number of hydrogen-bond donors (Lipinski definition) is 1. The van der Waals surface area contributed by atoms with E-state index in [2.05, 4.69) is 25.9 Å². The first-order valence-electron chi connectivity index (χ1n) is 5.14. The summed E-state index contributed by atoms with van der Waals surface area (Å²) in [4.78, 5) is 0. The molecule has 14 heavy (non-hydrogen) atoms. The molecule has 1 N–H and O–H groups in total. The first-order valence-corrected chi connectivity index (χ1v) is 5.14. The topological polar surface area (TPSA) is 45.4 Å². The van der Waals surface area contributed by atoms with Crippen molar-refractivity contribution < 1.29 is 4.74 Å². The van der Waals surface area contributed by atoms with Gasteiger partial charge in [0.2, 0.25) is 0 Å². The average Bonchev–Trinajstić information content (AvgIpc) is 2.04. The zero-order valence-electron chi connectivity index (χ0n) is 9.92. The van der Waals surface area contributed by atoms with Gasteiger partial charge in [-0.15, -0.1) is 0 Å². The normalized spacial score (nSPS) is 15.4. The van der Waals surface area contributed by atoms with Gasteiger partial charge in [-0.1, -0.05) is 13.0 Å². The van der Waals surface area contributed by atoms with Crippen molar-refractivity contribution in [2.45, 2.75) is 46.6 Å². The van der Waals surface area contributed by atoms with Crippen LogP contribution in [0.2, 0.25) is 0 Å². The molecule has 0 aromatic carbocycles. The second kappa shape index (κ2) is 5.91. The molecule has 0 fully saturated rings. The number of nitrogens with zero attached hydrogens (tertiary/aromatic N) is 1. The molecule has 0 heterocycles. The van der Waals surface area contributed by atoms with Crippen molar-refractivity contribution in [1.82, 2.24) is 0 Å². The van der Waals surface area contributed by atoms with Gasteiger partial charge < -0.3 is 4.74 Å². The van der Waals surface area contributed by atoms with Gasteiger partial charge in [0.25, 0.3) is 0 Å². The highest BCUT2D eigenvalue weighted by Crippen LogP contribution is 2.25. The Morgan fingerprint density at radius 1 is 1.57 bits per heavy atom. The molecule has 0 aromatic heterocycles. The van der Waals surface area contributed by atoms with Crippen LogP contribution in [-0.2, 0) is 4.74 Å². The lowest BCUT2D eigenvalue weighted by atomic mass is 9.92. The molecule has 0 bridgehead atoms. The third kappa shape index (κ3) is 4.51. The Balaban J connectivity index is 4.29. The fourth-order valence-electron chi connectivity index (χ4n) is 1.75. The molecule has 0 aliphatic rings. The van der Waals surface area contributed by atoms with Gasteiger partial charge in [-0.2, -0.15) is 5.11 Å². The van der Waals surface area contributed by atoms with E-state index in [-0.39, 0.29) is 11.5 Å². The molecular formula is C11H22N2O. The van der Waals surface area contributed by atoms with Gasteiger partial charge in [-0.05, 0) is 34.1 Å². The molecule has 82 valence electrons. The van der Waals surface area contributed by atoms with Crippen LogP contribution in [0.15, 0.2) is 16.9 Å². The highest BCUT2D eigenvalue weighted by atomic mass is 16.5. The van der Waals surface area contributed by atoms with Gasteiger partial charge in [0.1, 0.15) is 0 Å². The van der Waals surface area contributed by atoms with E-state index in [4.69, 9.17) is 10.3 Å². The molecule has 1 unspecified atom stereocenters. The summed E-state index contributed by atoms with van der Waals surface area (Å²) in [5, 5.41) is 3.51. The SMILES string of the molecule is C/C=C(\N=N)C(C)CC(C)(C)OCC. The van der Waals surface area contributed by atoms with Gasteiger partial charge in [-0.3, -0.25) is 0 Å². The van der Waals surface area contributed by atoms with Crippen molar-refractivity contribution in [2.24, 2.45) is 11.0 Å². The van der Waals surface area contributed by atoms with Gasteiger partial charge in [0.05, 0.1) is 11.3 Å². The van der Waals surface area contributed by atoms with Crippen LogP contribution >= 0.6 is 0 Å². The van der Waals surface area contributed by atoms with Gasteiger partial charge in [0.15, 0.2) is 0 Å². The number of ether oxygens (including phenoxy) is 1. The Hall–Kier alpha value is -0.700. The van der Waals surface area contributed by atoms with Crippen LogP contribution < -0.4 is 0 Å². The lowest BCUT2D eigenvalue weighted by molar-refractivity contribution is -0.0232. The predicted octanol–water partition coefficient (Wildman–Crippen LogP) is 3.76. The van der Waals surface area contributed by atoms with E-state index in [1.54, 1.807) is 0 Å². The van der Waals surface area contributed by atoms with E-state index in [1.165, 1.54) is 0 Å². The quantitative estimate of drug-likeness (QED) is 0.649. The maximum absolute atomic E-state index is 7.02. The maximum atomic E-state index is 7.02. The third-order valence-electron chi connectivity index (χ3n) is 2.26. The fourth-order valence-corrected chi connectivity index (χ4v) is 1.75. The van der Waals surface area contributed by atoms with Crippen molar-refractivity contribution in [3.8, 4) is 0 Å². The highest BCUT2D eigenvalue weighted by Gasteiger charge is 2.22. The van der Waals surface area contributed by atoms with Crippen molar-refractivity contribution in [1.29, 1.82) is 5.53 Å². The van der Waals surface area contributed by atoms with Gasteiger partial charge >= 0.3 is 0 Å². The third-order valence-corrected chi connectivity index (χ3v) is 2.26. The van der Waals surface area contributed by atoms with E-state index < -0.39 is 0 Å². The van der Waals surface area contributed by atoms with Crippen molar-refractivity contribution in [3.63, 3.8) is 0 Å². The largest absolute Gasteiger partial charge is 0.376 e. The second-order valence-electron chi connectivity index (χ2n) is 4.12. The molecule has 0 aliphatic heterocycles. The fraction of sp³-hybridized carbons (Fsp3) is 0.818. The Labute approximate surface area is 87.0 Å². The zero-order chi connectivity index (χ0) is 11.2. The van der Waals surface area contributed by atoms with E-state index in [1.807, 2.05) is 19.9 Å². The summed E-state index contributed by atoms with van der Waals surface area (Å²) in [6.07, 6.45) is 2.78. The van der Waals surface area contributed by atoms with Crippen LogP contribution in [0.3, 0.4) is 0 Å². The summed E-state index contributed by atoms with van der Waals surface area (Å²) in [5.74, 6) is 0.277. The van der Waals surface area contributed by atoms with E-state index in [9.17, 15) is 0 Å². The van der Waals surface area contributed by atoms with Crippen LogP contribution in [0.5, 0.6) is 0 Å². The molecule has 1 atom stereocenters. The van der Waals surface area contributed by atoms with E-state index in [0.29, 0.717) is 0 Å². The van der Waals surface area contributed by atoms with E-state index in [0.717, 1.165) is 18.7 Å². The molecule has 0 aromatic rings. The smallest absolute Gasteiger partial charge is 0.0632 e. The first kappa shape index (κ1) is 13.3. The molecule has 0 amide bonds. The molecule has 0 radical (unpaired) electrons. The lowest BCUT2D eigenvalue weighted by Gasteiger charge is -2.27. The summed E-state index contributed by atoms with van der Waals surface area (Å²) < 4.78 is 5.61. The Kier molecular flexibility index (Phi) is 5.62. The minimum atomic E-state index is -0.132. The molecule has 3 heteroatoms. The molecule has 0 saturated carbocycles. The molecule has 0 saturated heterocycles. The lowest BCUT2D eigenvalue weighted by Crippen LogP contribution is -2.27. The maximum Gasteiger partial charge on any atom is 0.0632 e. The Bertz CT molecular complexity index is 209. The van der Waals surface area contributed by atoms with Crippen molar-refractivity contribution in [2.75, 3.05) is 6.61 Å². The summed E-state index contributed by atoms with van der Waals surface area (Å²) in [6.45, 7) is 10.9. The zero-order valence-corrected chi connectivity index (χ0v) is 9.92. The van der Waals surface area contributed by atoms with Crippen LogP contribution in [-0.4, -0.2) is 12.2 Å². The van der Waals surface area contributed by atoms with Crippen molar-refractivity contribution in [3.05, 3.63) is 11.8 Å². The molecular weight excluding hydrogens is 176 g/mol. The van der Waals surface area contributed by atoms with Crippen molar-refractivity contribution >= 4 is 0 Å². The summed E-state index contributed by atoms with van der Waals surface area (Å²) in [6, 6.07) is 0. The molecule has 0 aliphatic carbocycles. The highest BCUT2D eigenvalue weighted by molar-refractivity contribution is 5.02. The van der Waals surface area contributed by atoms with Gasteiger partial charge in [0, 0.05) is 12.5 Å². The minimum absolute atomic E-state index is 0.132. The number of allylic oxidation sites excluding steroid dienone is 2. The Morgan fingerprint density at radius 2 is 2.14 bits per heavy atom. The van der Waals surface area contributed by atoms with Crippen LogP contribution in [0, 0.1) is 11.4 Å². The van der Waals surface area contributed by atoms with E-state index >= 15 is 0 Å². The molecule has 0 spiro atoms. The Morgan fingerprint density at radius 3 is 2.50 bits per heavy atom. The molecule has 0 rings (SSSR count). The number of rotatable bonds is 6. The average molecular weight is 198 g/mol. The number of hydrogen-bond acceptors (Lipinski definition) is 3. The monoisotopic (exact) mass is 198 g/mol. The standard InChI is InChI=1S/C11H22N2O/c1-6-10(13-12)9(3)8-11(4,5)14-7-2/h6,9,12H,7-8H2,1-5H3/b10-6-,13-12?. The summed E-state index contributed by atoms with van der Waals surface area (Å²) in [7, 11) is 0. The summed E-state index contributed by atoms with van der Waals surface area (Å²) in [5.41, 5.74) is 7.72. The first-order chi connectivity index (χ1) is 6.46. The van der Waals surface area contributed by atoms with Gasteiger partial charge in [-0.25, -0.2) is 5.53 Å². The number of nitrogens with one attached hydrogen (secondary N) is 1. The second-order valence-corrected chi connectivity index (χ2v) is 4.12.